The number of hydrogen-bond donors (Lipinski definition) is 0. The van der Waals surface area contributed by atoms with E-state index in [1.54, 1.807) is 11.3 Å². The van der Waals surface area contributed by atoms with E-state index < -0.39 is 5.41 Å². The molecular weight excluding hydrogens is 342 g/mol. The average Bonchev–Trinajstić information content (AvgIpc) is 3.10. The molecule has 4 nitrogen and oxygen atoms in total. The summed E-state index contributed by atoms with van der Waals surface area (Å²) >= 11 is 1.77. The highest BCUT2D eigenvalue weighted by Crippen LogP contribution is 2.26. The van der Waals surface area contributed by atoms with Crippen molar-refractivity contribution in [3.63, 3.8) is 0 Å². The molecule has 0 N–H and O–H groups in total. The van der Waals surface area contributed by atoms with Crippen LogP contribution in [-0.4, -0.2) is 46.9 Å². The Hall–Kier alpha value is -1.72. The summed E-state index contributed by atoms with van der Waals surface area (Å²) in [6.07, 6.45) is 2.21. The van der Waals surface area contributed by atoms with Gasteiger partial charge in [-0.25, -0.2) is 4.98 Å². The van der Waals surface area contributed by atoms with Crippen molar-refractivity contribution < 1.29 is 4.79 Å². The molecule has 5 heteroatoms. The van der Waals surface area contributed by atoms with Crippen LogP contribution in [0.2, 0.25) is 0 Å². The number of rotatable bonds is 6. The molecule has 0 atom stereocenters. The molecule has 1 aliphatic rings. The Balaban J connectivity index is 1.55. The van der Waals surface area contributed by atoms with Crippen molar-refractivity contribution in [1.82, 2.24) is 14.8 Å². The standard InChI is InChI=1S/C21H29N3OS/c1-4-8-19-22-18(16-26-19)15-23-11-13-24(14-12-23)20(25)21(2,3)17-9-6-5-7-10-17/h5-7,9-10,16H,4,8,11-15H2,1-3H3. The number of amides is 1. The number of carbonyl (C=O) groups excluding carboxylic acids is 1. The number of benzene rings is 1. The van der Waals surface area contributed by atoms with Crippen LogP contribution in [0.1, 0.15) is 43.5 Å². The highest BCUT2D eigenvalue weighted by Gasteiger charge is 2.35. The van der Waals surface area contributed by atoms with Gasteiger partial charge in [-0.3, -0.25) is 9.69 Å². The molecule has 0 saturated carbocycles. The minimum absolute atomic E-state index is 0.224. The number of carbonyl (C=O) groups is 1. The van der Waals surface area contributed by atoms with Crippen LogP contribution < -0.4 is 0 Å². The smallest absolute Gasteiger partial charge is 0.232 e. The third kappa shape index (κ3) is 4.33. The first kappa shape index (κ1) is 19.1. The highest BCUT2D eigenvalue weighted by molar-refractivity contribution is 7.09. The van der Waals surface area contributed by atoms with Gasteiger partial charge < -0.3 is 4.90 Å². The van der Waals surface area contributed by atoms with Gasteiger partial charge in [0.25, 0.3) is 0 Å². The Morgan fingerprint density at radius 3 is 2.50 bits per heavy atom. The molecule has 1 saturated heterocycles. The van der Waals surface area contributed by atoms with Crippen molar-refractivity contribution in [2.45, 2.75) is 45.6 Å². The summed E-state index contributed by atoms with van der Waals surface area (Å²) in [5.41, 5.74) is 1.77. The van der Waals surface area contributed by atoms with Gasteiger partial charge in [0.05, 0.1) is 16.1 Å². The predicted octanol–water partition coefficient (Wildman–Crippen LogP) is 3.72. The van der Waals surface area contributed by atoms with Crippen LogP contribution in [0.25, 0.3) is 0 Å². The molecule has 0 radical (unpaired) electrons. The van der Waals surface area contributed by atoms with Gasteiger partial charge in [-0.05, 0) is 32.3 Å². The van der Waals surface area contributed by atoms with Gasteiger partial charge in [0.1, 0.15) is 0 Å². The van der Waals surface area contributed by atoms with Crippen LogP contribution in [0.3, 0.4) is 0 Å². The van der Waals surface area contributed by atoms with E-state index in [1.165, 1.54) is 10.7 Å². The Morgan fingerprint density at radius 2 is 1.85 bits per heavy atom. The number of piperazine rings is 1. The maximum Gasteiger partial charge on any atom is 0.232 e. The average molecular weight is 372 g/mol. The van der Waals surface area contributed by atoms with Crippen molar-refractivity contribution in [1.29, 1.82) is 0 Å². The summed E-state index contributed by atoms with van der Waals surface area (Å²) in [6.45, 7) is 10.6. The zero-order chi connectivity index (χ0) is 18.6. The molecule has 2 aromatic rings. The van der Waals surface area contributed by atoms with E-state index in [4.69, 9.17) is 4.98 Å². The quantitative estimate of drug-likeness (QED) is 0.776. The maximum atomic E-state index is 13.1. The molecule has 140 valence electrons. The summed E-state index contributed by atoms with van der Waals surface area (Å²) in [5, 5.41) is 3.42. The topological polar surface area (TPSA) is 36.4 Å². The van der Waals surface area contributed by atoms with E-state index in [9.17, 15) is 4.79 Å². The lowest BCUT2D eigenvalue weighted by Gasteiger charge is -2.38. The fourth-order valence-electron chi connectivity index (χ4n) is 3.46. The molecule has 1 amide bonds. The number of aromatic nitrogens is 1. The van der Waals surface area contributed by atoms with Gasteiger partial charge in [0.15, 0.2) is 0 Å². The lowest BCUT2D eigenvalue weighted by Crippen LogP contribution is -2.52. The second-order valence-electron chi connectivity index (χ2n) is 7.54. The van der Waals surface area contributed by atoms with Gasteiger partial charge in [-0.15, -0.1) is 11.3 Å². The molecule has 2 heterocycles. The first-order valence-electron chi connectivity index (χ1n) is 9.51. The molecule has 0 spiro atoms. The van der Waals surface area contributed by atoms with Crippen molar-refractivity contribution in [3.8, 4) is 0 Å². The van der Waals surface area contributed by atoms with Gasteiger partial charge >= 0.3 is 0 Å². The number of thiazole rings is 1. The molecule has 1 aromatic heterocycles. The molecule has 1 fully saturated rings. The Labute approximate surface area is 160 Å². The largest absolute Gasteiger partial charge is 0.339 e. The number of nitrogens with zero attached hydrogens (tertiary/aromatic N) is 3. The number of aryl methyl sites for hydroxylation is 1. The fourth-order valence-corrected chi connectivity index (χ4v) is 4.35. The highest BCUT2D eigenvalue weighted by atomic mass is 32.1. The molecule has 0 unspecified atom stereocenters. The lowest BCUT2D eigenvalue weighted by atomic mass is 9.83. The second-order valence-corrected chi connectivity index (χ2v) is 8.48. The molecule has 3 rings (SSSR count). The Bertz CT molecular complexity index is 718. The lowest BCUT2D eigenvalue weighted by molar-refractivity contribution is -0.138. The van der Waals surface area contributed by atoms with Crippen LogP contribution >= 0.6 is 11.3 Å². The van der Waals surface area contributed by atoms with E-state index in [2.05, 4.69) is 17.2 Å². The third-order valence-corrected chi connectivity index (χ3v) is 6.10. The minimum Gasteiger partial charge on any atom is -0.339 e. The zero-order valence-corrected chi connectivity index (χ0v) is 16.9. The monoisotopic (exact) mass is 371 g/mol. The molecule has 1 aromatic carbocycles. The van der Waals surface area contributed by atoms with E-state index in [0.717, 1.165) is 51.1 Å². The Morgan fingerprint density at radius 1 is 1.15 bits per heavy atom. The van der Waals surface area contributed by atoms with E-state index >= 15 is 0 Å². The summed E-state index contributed by atoms with van der Waals surface area (Å²) in [5.74, 6) is 0.224. The van der Waals surface area contributed by atoms with E-state index in [1.807, 2.05) is 49.1 Å². The molecule has 0 bridgehead atoms. The molecule has 1 aliphatic heterocycles. The Kier molecular flexibility index (Phi) is 6.09. The summed E-state index contributed by atoms with van der Waals surface area (Å²) in [6, 6.07) is 10.1. The zero-order valence-electron chi connectivity index (χ0n) is 16.1. The van der Waals surface area contributed by atoms with E-state index in [-0.39, 0.29) is 5.91 Å². The first-order chi connectivity index (χ1) is 12.5. The maximum absolute atomic E-state index is 13.1. The van der Waals surface area contributed by atoms with Crippen LogP contribution in [0.4, 0.5) is 0 Å². The summed E-state index contributed by atoms with van der Waals surface area (Å²) in [4.78, 5) is 22.2. The van der Waals surface area contributed by atoms with Crippen LogP contribution in [0.15, 0.2) is 35.7 Å². The van der Waals surface area contributed by atoms with Crippen LogP contribution in [0.5, 0.6) is 0 Å². The van der Waals surface area contributed by atoms with Crippen molar-refractivity contribution in [3.05, 3.63) is 52.0 Å². The van der Waals surface area contributed by atoms with Gasteiger partial charge in [0.2, 0.25) is 5.91 Å². The molecule has 0 aliphatic carbocycles. The van der Waals surface area contributed by atoms with Gasteiger partial charge in [0, 0.05) is 38.1 Å². The van der Waals surface area contributed by atoms with Crippen molar-refractivity contribution >= 4 is 17.2 Å². The van der Waals surface area contributed by atoms with Crippen molar-refractivity contribution in [2.24, 2.45) is 0 Å². The van der Waals surface area contributed by atoms with Gasteiger partial charge in [-0.1, -0.05) is 37.3 Å². The number of hydrogen-bond acceptors (Lipinski definition) is 4. The second kappa shape index (κ2) is 8.31. The molecule has 26 heavy (non-hydrogen) atoms. The SMILES string of the molecule is CCCc1nc(CN2CCN(C(=O)C(C)(C)c3ccccc3)CC2)cs1. The third-order valence-electron chi connectivity index (χ3n) is 5.14. The van der Waals surface area contributed by atoms with Crippen molar-refractivity contribution in [2.75, 3.05) is 26.2 Å². The van der Waals surface area contributed by atoms with Gasteiger partial charge in [-0.2, -0.15) is 0 Å². The summed E-state index contributed by atoms with van der Waals surface area (Å²) in [7, 11) is 0. The van der Waals surface area contributed by atoms with Crippen LogP contribution in [-0.2, 0) is 23.2 Å². The summed E-state index contributed by atoms with van der Waals surface area (Å²) < 4.78 is 0. The fraction of sp³-hybridized carbons (Fsp3) is 0.524. The normalized spacial score (nSPS) is 16.0. The first-order valence-corrected chi connectivity index (χ1v) is 10.4. The minimum atomic E-state index is -0.479. The predicted molar refractivity (Wildman–Crippen MR) is 107 cm³/mol. The van der Waals surface area contributed by atoms with Crippen LogP contribution in [0, 0.1) is 0 Å². The molecular formula is C21H29N3OS. The van der Waals surface area contributed by atoms with E-state index in [0.29, 0.717) is 0 Å².